The summed E-state index contributed by atoms with van der Waals surface area (Å²) in [4.78, 5) is 21.7. The molecule has 3 fully saturated rings. The van der Waals surface area contributed by atoms with Gasteiger partial charge in [0.15, 0.2) is 5.96 Å². The van der Waals surface area contributed by atoms with E-state index >= 15 is 0 Å². The van der Waals surface area contributed by atoms with E-state index < -0.39 is 0 Å². The number of rotatable bonds is 7. The lowest BCUT2D eigenvalue weighted by molar-refractivity contribution is -0.148. The van der Waals surface area contributed by atoms with Gasteiger partial charge in [0.25, 0.3) is 0 Å². The lowest BCUT2D eigenvalue weighted by Gasteiger charge is -2.25. The Morgan fingerprint density at radius 2 is 1.88 bits per heavy atom. The zero-order chi connectivity index (χ0) is 18.2. The summed E-state index contributed by atoms with van der Waals surface area (Å²) in [5.74, 6) is 0.964. The van der Waals surface area contributed by atoms with E-state index in [2.05, 4.69) is 22.0 Å². The monoisotopic (exact) mass is 364 g/mol. The molecule has 26 heavy (non-hydrogen) atoms. The van der Waals surface area contributed by atoms with Crippen LogP contribution in [0.25, 0.3) is 0 Å². The van der Waals surface area contributed by atoms with Crippen molar-refractivity contribution in [1.29, 1.82) is 0 Å². The van der Waals surface area contributed by atoms with Crippen LogP contribution in [0.5, 0.6) is 0 Å². The third kappa shape index (κ3) is 5.60. The van der Waals surface area contributed by atoms with Gasteiger partial charge in [-0.25, -0.2) is 0 Å². The van der Waals surface area contributed by atoms with Gasteiger partial charge in [-0.05, 0) is 71.4 Å². The minimum atomic E-state index is -0.0487. The highest BCUT2D eigenvalue weighted by Gasteiger charge is 2.30. The molecule has 2 saturated heterocycles. The Hall–Kier alpha value is -1.30. The maximum absolute atomic E-state index is 11.9. The van der Waals surface area contributed by atoms with Crippen LogP contribution in [-0.2, 0) is 9.53 Å². The van der Waals surface area contributed by atoms with Crippen LogP contribution < -0.4 is 5.32 Å². The Labute approximate surface area is 158 Å². The Balaban J connectivity index is 1.39. The van der Waals surface area contributed by atoms with Gasteiger partial charge in [0, 0.05) is 38.6 Å². The molecule has 148 valence electrons. The van der Waals surface area contributed by atoms with E-state index in [1.807, 2.05) is 0 Å². The number of esters is 1. The van der Waals surface area contributed by atoms with E-state index in [1.54, 1.807) is 0 Å². The number of nitrogens with one attached hydrogen (secondary N) is 1. The van der Waals surface area contributed by atoms with Crippen molar-refractivity contribution in [3.05, 3.63) is 0 Å². The average Bonchev–Trinajstić information content (AvgIpc) is 3.39. The Morgan fingerprint density at radius 3 is 2.62 bits per heavy atom. The van der Waals surface area contributed by atoms with E-state index in [9.17, 15) is 4.79 Å². The summed E-state index contributed by atoms with van der Waals surface area (Å²) in [5, 5.41) is 3.42. The van der Waals surface area contributed by atoms with Crippen LogP contribution in [0.4, 0.5) is 0 Å². The van der Waals surface area contributed by atoms with Gasteiger partial charge < -0.3 is 15.0 Å². The SMILES string of the molecule is CCNC(=NCCCC(=O)OC1CCCC1)N1CCC(N2CCCC2)C1. The fourth-order valence-corrected chi connectivity index (χ4v) is 4.42. The Kier molecular flexibility index (Phi) is 7.59. The zero-order valence-electron chi connectivity index (χ0n) is 16.4. The number of hydrogen-bond acceptors (Lipinski definition) is 4. The molecule has 2 aliphatic heterocycles. The Morgan fingerprint density at radius 1 is 1.12 bits per heavy atom. The van der Waals surface area contributed by atoms with E-state index in [1.165, 1.54) is 45.2 Å². The largest absolute Gasteiger partial charge is 0.462 e. The summed E-state index contributed by atoms with van der Waals surface area (Å²) in [6.45, 7) is 8.36. The molecule has 3 rings (SSSR count). The van der Waals surface area contributed by atoms with Crippen molar-refractivity contribution in [1.82, 2.24) is 15.1 Å². The predicted molar refractivity (Wildman–Crippen MR) is 104 cm³/mol. The topological polar surface area (TPSA) is 57.2 Å². The fourth-order valence-electron chi connectivity index (χ4n) is 4.42. The molecule has 2 heterocycles. The summed E-state index contributed by atoms with van der Waals surface area (Å²) in [6, 6.07) is 0.683. The van der Waals surface area contributed by atoms with Gasteiger partial charge in [0.2, 0.25) is 0 Å². The lowest BCUT2D eigenvalue weighted by atomic mass is 10.2. The number of carbonyl (C=O) groups excluding carboxylic acids is 1. The van der Waals surface area contributed by atoms with Crippen molar-refractivity contribution in [2.24, 2.45) is 4.99 Å². The van der Waals surface area contributed by atoms with E-state index in [0.717, 1.165) is 44.9 Å². The van der Waals surface area contributed by atoms with Crippen molar-refractivity contribution in [3.63, 3.8) is 0 Å². The number of hydrogen-bond donors (Lipinski definition) is 1. The van der Waals surface area contributed by atoms with E-state index in [0.29, 0.717) is 19.0 Å². The third-order valence-corrected chi connectivity index (χ3v) is 5.86. The highest BCUT2D eigenvalue weighted by molar-refractivity contribution is 5.80. The average molecular weight is 365 g/mol. The minimum absolute atomic E-state index is 0.0487. The van der Waals surface area contributed by atoms with Crippen molar-refractivity contribution in [3.8, 4) is 0 Å². The highest BCUT2D eigenvalue weighted by Crippen LogP contribution is 2.22. The minimum Gasteiger partial charge on any atom is -0.462 e. The first-order valence-corrected chi connectivity index (χ1v) is 10.7. The summed E-state index contributed by atoms with van der Waals surface area (Å²) < 4.78 is 5.52. The zero-order valence-corrected chi connectivity index (χ0v) is 16.4. The number of ether oxygens (including phenoxy) is 1. The molecule has 1 aliphatic carbocycles. The van der Waals surface area contributed by atoms with Gasteiger partial charge in [-0.3, -0.25) is 14.7 Å². The smallest absolute Gasteiger partial charge is 0.306 e. The quantitative estimate of drug-likeness (QED) is 0.325. The van der Waals surface area contributed by atoms with Crippen molar-refractivity contribution in [2.75, 3.05) is 39.3 Å². The highest BCUT2D eigenvalue weighted by atomic mass is 16.5. The molecular weight excluding hydrogens is 328 g/mol. The van der Waals surface area contributed by atoms with Crippen LogP contribution in [0.3, 0.4) is 0 Å². The van der Waals surface area contributed by atoms with Crippen LogP contribution in [0, 0.1) is 0 Å². The van der Waals surface area contributed by atoms with Gasteiger partial charge >= 0.3 is 5.97 Å². The second-order valence-electron chi connectivity index (χ2n) is 7.87. The lowest BCUT2D eigenvalue weighted by Crippen LogP contribution is -2.42. The second kappa shape index (κ2) is 10.1. The molecule has 6 nitrogen and oxygen atoms in total. The maximum atomic E-state index is 11.9. The van der Waals surface area contributed by atoms with Crippen LogP contribution in [-0.4, -0.2) is 73.1 Å². The third-order valence-electron chi connectivity index (χ3n) is 5.86. The summed E-state index contributed by atoms with van der Waals surface area (Å²) in [6.07, 6.45) is 9.84. The standard InChI is InChI=1S/C20H36N4O2/c1-2-21-20(24-15-11-17(16-24)23-13-5-6-14-23)22-12-7-10-19(25)26-18-8-3-4-9-18/h17-18H,2-16H2,1H3,(H,21,22). The fraction of sp³-hybridized carbons (Fsp3) is 0.900. The van der Waals surface area contributed by atoms with Crippen molar-refractivity contribution >= 4 is 11.9 Å². The molecule has 0 radical (unpaired) electrons. The van der Waals surface area contributed by atoms with Gasteiger partial charge in [-0.1, -0.05) is 0 Å². The first kappa shape index (κ1) is 19.5. The molecule has 1 N–H and O–H groups in total. The second-order valence-corrected chi connectivity index (χ2v) is 7.87. The Bertz CT molecular complexity index is 470. The number of nitrogens with zero attached hydrogens (tertiary/aromatic N) is 3. The molecule has 0 aromatic carbocycles. The molecule has 1 unspecified atom stereocenters. The summed E-state index contributed by atoms with van der Waals surface area (Å²) in [5.41, 5.74) is 0. The van der Waals surface area contributed by atoms with E-state index in [4.69, 9.17) is 9.73 Å². The van der Waals surface area contributed by atoms with Crippen LogP contribution in [0.1, 0.15) is 64.7 Å². The van der Waals surface area contributed by atoms with Crippen LogP contribution >= 0.6 is 0 Å². The number of carbonyl (C=O) groups is 1. The molecule has 0 spiro atoms. The molecule has 0 aromatic heterocycles. The van der Waals surface area contributed by atoms with Crippen LogP contribution in [0.2, 0.25) is 0 Å². The van der Waals surface area contributed by atoms with Crippen LogP contribution in [0.15, 0.2) is 4.99 Å². The molecule has 1 atom stereocenters. The van der Waals surface area contributed by atoms with Gasteiger partial charge in [0.05, 0.1) is 0 Å². The maximum Gasteiger partial charge on any atom is 0.306 e. The normalized spacial score (nSPS) is 25.2. The summed E-state index contributed by atoms with van der Waals surface area (Å²) in [7, 11) is 0. The molecule has 1 saturated carbocycles. The van der Waals surface area contributed by atoms with Crippen molar-refractivity contribution < 1.29 is 9.53 Å². The van der Waals surface area contributed by atoms with Gasteiger partial charge in [-0.15, -0.1) is 0 Å². The van der Waals surface area contributed by atoms with Gasteiger partial charge in [-0.2, -0.15) is 0 Å². The molecule has 0 aromatic rings. The van der Waals surface area contributed by atoms with E-state index in [-0.39, 0.29) is 12.1 Å². The predicted octanol–water partition coefficient (Wildman–Crippen LogP) is 2.39. The summed E-state index contributed by atoms with van der Waals surface area (Å²) >= 11 is 0. The molecule has 0 bridgehead atoms. The number of likely N-dealkylation sites (tertiary alicyclic amines) is 2. The van der Waals surface area contributed by atoms with Gasteiger partial charge in [0.1, 0.15) is 6.10 Å². The first-order valence-electron chi connectivity index (χ1n) is 10.7. The number of guanidine groups is 1. The molecule has 6 heteroatoms. The molecular formula is C20H36N4O2. The van der Waals surface area contributed by atoms with Crippen molar-refractivity contribution in [2.45, 2.75) is 76.9 Å². The molecule has 3 aliphatic rings. The first-order chi connectivity index (χ1) is 12.8. The molecule has 0 amide bonds. The number of aliphatic imine (C=N–C) groups is 1.